The number of aromatic nitrogens is 3. The molecule has 0 aliphatic heterocycles. The van der Waals surface area contributed by atoms with Crippen LogP contribution in [0.2, 0.25) is 0 Å². The molecule has 8 heteroatoms. The summed E-state index contributed by atoms with van der Waals surface area (Å²) in [6.45, 7) is 2.79. The molecule has 0 radical (unpaired) electrons. The number of hydrogen-bond donors (Lipinski definition) is 1. The van der Waals surface area contributed by atoms with Gasteiger partial charge in [-0.2, -0.15) is 5.10 Å². The number of pyridine rings is 1. The van der Waals surface area contributed by atoms with Crippen LogP contribution >= 0.6 is 0 Å². The summed E-state index contributed by atoms with van der Waals surface area (Å²) in [5.74, 6) is 0.491. The maximum atomic E-state index is 14.4. The predicted octanol–water partition coefficient (Wildman–Crippen LogP) is 7.11. The molecule has 232 valence electrons. The Kier molecular flexibility index (Phi) is 7.50. The number of fused-ring (bicyclic) bond motifs is 3. The fourth-order valence-corrected chi connectivity index (χ4v) is 8.33. The largest absolute Gasteiger partial charge is 0.496 e. The smallest absolute Gasteiger partial charge is 0.306 e. The lowest BCUT2D eigenvalue weighted by Crippen LogP contribution is -2.52. The second-order valence-electron chi connectivity index (χ2n) is 14.1. The molecule has 5 aliphatic carbocycles. The molecule has 5 fully saturated rings. The molecule has 8 nitrogen and oxygen atoms in total. The van der Waals surface area contributed by atoms with Gasteiger partial charge < -0.3 is 9.84 Å². The standard InChI is InChI=1S/C36H44N4O4/c1-24-19-29(7-10-31(24)44-2)36-15-12-35(13-16-36,14-17-36)23-39(33(41)25-3-5-26(6-4-25)34(42)43)32-20-27(11-18-37-32)28-21-38-40(22-28)30-8-9-30/h7,10-11,18-22,25-26,30H,3-6,8-9,12-17,23H2,1-2H3,(H,42,43). The Hall–Kier alpha value is -3.68. The summed E-state index contributed by atoms with van der Waals surface area (Å²) in [6, 6.07) is 11.3. The molecule has 2 aromatic heterocycles. The third kappa shape index (κ3) is 5.41. The third-order valence-corrected chi connectivity index (χ3v) is 11.5. The van der Waals surface area contributed by atoms with E-state index in [1.165, 1.54) is 24.0 Å². The van der Waals surface area contributed by atoms with E-state index >= 15 is 0 Å². The Balaban J connectivity index is 1.14. The van der Waals surface area contributed by atoms with Gasteiger partial charge in [-0.25, -0.2) is 4.98 Å². The number of aryl methyl sites for hydroxylation is 1. The number of rotatable bonds is 9. The zero-order valence-corrected chi connectivity index (χ0v) is 26.0. The lowest BCUT2D eigenvalue weighted by molar-refractivity contribution is -0.144. The number of carboxylic acids is 1. The second kappa shape index (κ2) is 11.4. The van der Waals surface area contributed by atoms with Crippen LogP contribution in [0.25, 0.3) is 11.1 Å². The lowest BCUT2D eigenvalue weighted by atomic mass is 9.51. The van der Waals surface area contributed by atoms with Crippen LogP contribution in [0, 0.1) is 24.2 Å². The minimum absolute atomic E-state index is 0.0612. The van der Waals surface area contributed by atoms with Crippen LogP contribution in [0.4, 0.5) is 5.82 Å². The number of benzene rings is 1. The number of anilines is 1. The molecule has 8 rings (SSSR count). The molecule has 2 bridgehead atoms. The first-order chi connectivity index (χ1) is 21.3. The normalized spacial score (nSPS) is 28.0. The molecule has 0 spiro atoms. The number of carbonyl (C=O) groups is 2. The van der Waals surface area contributed by atoms with Gasteiger partial charge in [0.25, 0.3) is 0 Å². The van der Waals surface area contributed by atoms with Gasteiger partial charge >= 0.3 is 5.97 Å². The summed E-state index contributed by atoms with van der Waals surface area (Å²) >= 11 is 0. The molecule has 0 unspecified atom stereocenters. The van der Waals surface area contributed by atoms with Gasteiger partial charge in [-0.3, -0.25) is 19.2 Å². The Bertz CT molecular complexity index is 1530. The molecule has 0 saturated heterocycles. The second-order valence-corrected chi connectivity index (χ2v) is 14.1. The summed E-state index contributed by atoms with van der Waals surface area (Å²) < 4.78 is 7.58. The molecule has 0 atom stereocenters. The van der Waals surface area contributed by atoms with Gasteiger partial charge in [0, 0.05) is 30.4 Å². The fourth-order valence-electron chi connectivity index (χ4n) is 8.33. The van der Waals surface area contributed by atoms with Crippen molar-refractivity contribution < 1.29 is 19.4 Å². The van der Waals surface area contributed by atoms with Gasteiger partial charge in [0.1, 0.15) is 11.6 Å². The number of nitrogens with zero attached hydrogens (tertiary/aromatic N) is 4. The molecule has 1 aromatic carbocycles. The number of hydrogen-bond acceptors (Lipinski definition) is 5. The number of methoxy groups -OCH3 is 1. The highest BCUT2D eigenvalue weighted by molar-refractivity contribution is 5.95. The number of amides is 1. The minimum atomic E-state index is -0.743. The van der Waals surface area contributed by atoms with Crippen LogP contribution in [0.15, 0.2) is 48.9 Å². The van der Waals surface area contributed by atoms with E-state index in [4.69, 9.17) is 9.72 Å². The molecular weight excluding hydrogens is 552 g/mol. The van der Waals surface area contributed by atoms with Crippen molar-refractivity contribution >= 4 is 17.7 Å². The Morgan fingerprint density at radius 1 is 0.955 bits per heavy atom. The van der Waals surface area contributed by atoms with Gasteiger partial charge in [-0.05, 0) is 130 Å². The van der Waals surface area contributed by atoms with E-state index in [1.807, 2.05) is 23.4 Å². The van der Waals surface area contributed by atoms with Gasteiger partial charge in [-0.1, -0.05) is 12.1 Å². The molecule has 2 heterocycles. The molecule has 1 amide bonds. The van der Waals surface area contributed by atoms with Crippen LogP contribution in [0.1, 0.15) is 94.2 Å². The average molecular weight is 597 g/mol. The van der Waals surface area contributed by atoms with Crippen molar-refractivity contribution in [3.8, 4) is 16.9 Å². The lowest BCUT2D eigenvalue weighted by Gasteiger charge is -2.55. The van der Waals surface area contributed by atoms with Crippen LogP contribution in [-0.4, -0.2) is 45.4 Å². The third-order valence-electron chi connectivity index (χ3n) is 11.5. The zero-order valence-electron chi connectivity index (χ0n) is 26.0. The summed E-state index contributed by atoms with van der Waals surface area (Å²) in [5, 5.41) is 14.1. The maximum Gasteiger partial charge on any atom is 0.306 e. The maximum absolute atomic E-state index is 14.4. The summed E-state index contributed by atoms with van der Waals surface area (Å²) in [6.07, 6.45) is 17.2. The SMILES string of the molecule is COc1ccc(C23CCC(CN(C(=O)C4CCC(C(=O)O)CC4)c4cc(-c5cnn(C6CC6)c5)ccn4)(CC2)CC3)cc1C. The van der Waals surface area contributed by atoms with Crippen LogP contribution in [-0.2, 0) is 15.0 Å². The van der Waals surface area contributed by atoms with Gasteiger partial charge in [0.05, 0.1) is 25.3 Å². The quantitative estimate of drug-likeness (QED) is 0.283. The first kappa shape index (κ1) is 29.1. The van der Waals surface area contributed by atoms with Crippen molar-refractivity contribution in [2.75, 3.05) is 18.6 Å². The van der Waals surface area contributed by atoms with E-state index in [1.54, 1.807) is 7.11 Å². The van der Waals surface area contributed by atoms with Gasteiger partial charge in [0.2, 0.25) is 5.91 Å². The molecule has 3 aromatic rings. The Morgan fingerprint density at radius 2 is 1.66 bits per heavy atom. The Labute approximate surface area is 259 Å². The van der Waals surface area contributed by atoms with E-state index in [0.717, 1.165) is 55.4 Å². The van der Waals surface area contributed by atoms with Crippen molar-refractivity contribution in [3.05, 3.63) is 60.0 Å². The van der Waals surface area contributed by atoms with E-state index in [2.05, 4.69) is 47.2 Å². The first-order valence-electron chi connectivity index (χ1n) is 16.5. The Morgan fingerprint density at radius 3 is 2.30 bits per heavy atom. The topological polar surface area (TPSA) is 97.5 Å². The highest BCUT2D eigenvalue weighted by Crippen LogP contribution is 2.58. The van der Waals surface area contributed by atoms with Crippen LogP contribution in [0.3, 0.4) is 0 Å². The van der Waals surface area contributed by atoms with Crippen molar-refractivity contribution in [1.82, 2.24) is 14.8 Å². The predicted molar refractivity (Wildman–Crippen MR) is 169 cm³/mol. The minimum Gasteiger partial charge on any atom is -0.496 e. The molecule has 44 heavy (non-hydrogen) atoms. The van der Waals surface area contributed by atoms with Gasteiger partial charge in [-0.15, -0.1) is 0 Å². The summed E-state index contributed by atoms with van der Waals surface area (Å²) in [5.41, 5.74) is 4.93. The van der Waals surface area contributed by atoms with Crippen LogP contribution < -0.4 is 9.64 Å². The number of carboxylic acid groups (broad SMARTS) is 1. The van der Waals surface area contributed by atoms with Crippen molar-refractivity contribution in [2.24, 2.45) is 17.3 Å². The van der Waals surface area contributed by atoms with Crippen molar-refractivity contribution in [1.29, 1.82) is 0 Å². The summed E-state index contributed by atoms with van der Waals surface area (Å²) in [4.78, 5) is 32.7. The highest BCUT2D eigenvalue weighted by atomic mass is 16.5. The monoisotopic (exact) mass is 596 g/mol. The van der Waals surface area contributed by atoms with E-state index in [0.29, 0.717) is 44.1 Å². The number of aliphatic carboxylic acids is 1. The van der Waals surface area contributed by atoms with E-state index in [9.17, 15) is 14.7 Å². The van der Waals surface area contributed by atoms with E-state index in [-0.39, 0.29) is 28.6 Å². The summed E-state index contributed by atoms with van der Waals surface area (Å²) in [7, 11) is 1.73. The average Bonchev–Trinajstić information content (AvgIpc) is 3.80. The number of ether oxygens (including phenoxy) is 1. The van der Waals surface area contributed by atoms with Crippen LogP contribution in [0.5, 0.6) is 5.75 Å². The number of carbonyl (C=O) groups excluding carboxylic acids is 1. The fraction of sp³-hybridized carbons (Fsp3) is 0.556. The van der Waals surface area contributed by atoms with Gasteiger partial charge in [0.15, 0.2) is 0 Å². The first-order valence-corrected chi connectivity index (χ1v) is 16.5. The van der Waals surface area contributed by atoms with E-state index < -0.39 is 5.97 Å². The highest BCUT2D eigenvalue weighted by Gasteiger charge is 2.51. The van der Waals surface area contributed by atoms with Crippen molar-refractivity contribution in [2.45, 2.75) is 95.4 Å². The molecular formula is C36H44N4O4. The molecule has 5 aliphatic rings. The molecule has 5 saturated carbocycles. The molecule has 1 N–H and O–H groups in total. The zero-order chi connectivity index (χ0) is 30.5. The van der Waals surface area contributed by atoms with Crippen molar-refractivity contribution in [3.63, 3.8) is 0 Å².